The van der Waals surface area contributed by atoms with Crippen LogP contribution >= 0.6 is 0 Å². The lowest BCUT2D eigenvalue weighted by Crippen LogP contribution is -1.86. The lowest BCUT2D eigenvalue weighted by Gasteiger charge is -2.05. The summed E-state index contributed by atoms with van der Waals surface area (Å²) < 4.78 is 0. The number of hydrogen-bond donors (Lipinski definition) is 1. The van der Waals surface area contributed by atoms with Gasteiger partial charge in [-0.1, -0.05) is 38.1 Å². The van der Waals surface area contributed by atoms with Crippen molar-refractivity contribution in [3.8, 4) is 17.3 Å². The first kappa shape index (κ1) is 10.4. The first-order valence-electron chi connectivity index (χ1n) is 5.26. The summed E-state index contributed by atoms with van der Waals surface area (Å²) in [5, 5.41) is 15.4. The fourth-order valence-electron chi connectivity index (χ4n) is 1.57. The fourth-order valence-corrected chi connectivity index (χ4v) is 1.57. The van der Waals surface area contributed by atoms with E-state index in [4.69, 9.17) is 5.26 Å². The molecule has 3 heteroatoms. The number of benzene rings is 1. The number of aromatic amines is 1. The zero-order chi connectivity index (χ0) is 11.5. The number of aromatic nitrogens is 2. The summed E-state index contributed by atoms with van der Waals surface area (Å²) in [6.45, 7) is 4.33. The van der Waals surface area contributed by atoms with Crippen LogP contribution in [0, 0.1) is 11.3 Å². The number of hydrogen-bond acceptors (Lipinski definition) is 2. The molecule has 0 saturated heterocycles. The van der Waals surface area contributed by atoms with E-state index in [2.05, 4.69) is 36.2 Å². The van der Waals surface area contributed by atoms with Gasteiger partial charge in [-0.25, -0.2) is 0 Å². The second-order valence-electron chi connectivity index (χ2n) is 4.06. The Bertz CT molecular complexity index is 515. The van der Waals surface area contributed by atoms with Gasteiger partial charge in [0, 0.05) is 6.07 Å². The predicted octanol–water partition coefficient (Wildman–Crippen LogP) is 3.07. The van der Waals surface area contributed by atoms with Crippen molar-refractivity contribution in [1.29, 1.82) is 5.26 Å². The van der Waals surface area contributed by atoms with Crippen LogP contribution in [0.4, 0.5) is 0 Å². The first-order valence-corrected chi connectivity index (χ1v) is 5.26. The van der Waals surface area contributed by atoms with Crippen molar-refractivity contribution < 1.29 is 0 Å². The van der Waals surface area contributed by atoms with Gasteiger partial charge in [-0.2, -0.15) is 10.4 Å². The first-order chi connectivity index (χ1) is 7.70. The standard InChI is InChI=1S/C13H13N3/c1-9(2)10-3-5-11(6-4-10)13-7-12(8-14)15-16-13/h3-7,9H,1-2H3,(H,15,16). The maximum atomic E-state index is 8.68. The van der Waals surface area contributed by atoms with Crippen molar-refractivity contribution in [2.24, 2.45) is 0 Å². The molecule has 2 aromatic rings. The van der Waals surface area contributed by atoms with E-state index in [1.54, 1.807) is 6.07 Å². The van der Waals surface area contributed by atoms with Crippen LogP contribution in [0.15, 0.2) is 30.3 Å². The normalized spacial score (nSPS) is 10.4. The van der Waals surface area contributed by atoms with Crippen molar-refractivity contribution in [3.05, 3.63) is 41.6 Å². The third-order valence-corrected chi connectivity index (χ3v) is 2.58. The number of nitrogens with zero attached hydrogens (tertiary/aromatic N) is 2. The third-order valence-electron chi connectivity index (χ3n) is 2.58. The summed E-state index contributed by atoms with van der Waals surface area (Å²) in [4.78, 5) is 0. The molecule has 0 aliphatic heterocycles. The Morgan fingerprint density at radius 3 is 2.44 bits per heavy atom. The highest BCUT2D eigenvalue weighted by molar-refractivity contribution is 5.60. The molecule has 2 rings (SSSR count). The molecule has 0 atom stereocenters. The molecule has 0 aliphatic rings. The average Bonchev–Trinajstić information content (AvgIpc) is 2.77. The maximum Gasteiger partial charge on any atom is 0.162 e. The molecule has 0 bridgehead atoms. The molecular formula is C13H13N3. The summed E-state index contributed by atoms with van der Waals surface area (Å²) in [6.07, 6.45) is 0. The minimum absolute atomic E-state index is 0.419. The van der Waals surface area contributed by atoms with E-state index >= 15 is 0 Å². The van der Waals surface area contributed by atoms with Crippen LogP contribution < -0.4 is 0 Å². The quantitative estimate of drug-likeness (QED) is 0.829. The molecule has 0 amide bonds. The van der Waals surface area contributed by atoms with Gasteiger partial charge >= 0.3 is 0 Å². The van der Waals surface area contributed by atoms with Crippen molar-refractivity contribution in [2.45, 2.75) is 19.8 Å². The molecule has 16 heavy (non-hydrogen) atoms. The molecule has 1 aromatic carbocycles. The van der Waals surface area contributed by atoms with E-state index in [9.17, 15) is 0 Å². The maximum absolute atomic E-state index is 8.68. The van der Waals surface area contributed by atoms with E-state index in [0.29, 0.717) is 11.6 Å². The van der Waals surface area contributed by atoms with Gasteiger partial charge in [0.05, 0.1) is 5.69 Å². The van der Waals surface area contributed by atoms with E-state index in [-0.39, 0.29) is 0 Å². The predicted molar refractivity (Wildman–Crippen MR) is 62.8 cm³/mol. The van der Waals surface area contributed by atoms with Gasteiger partial charge in [-0.3, -0.25) is 5.10 Å². The van der Waals surface area contributed by atoms with E-state index < -0.39 is 0 Å². The molecule has 80 valence electrons. The van der Waals surface area contributed by atoms with Gasteiger partial charge < -0.3 is 0 Å². The third kappa shape index (κ3) is 1.96. The summed E-state index contributed by atoms with van der Waals surface area (Å²) >= 11 is 0. The summed E-state index contributed by atoms with van der Waals surface area (Å²) in [6, 6.07) is 12.1. The van der Waals surface area contributed by atoms with Crippen molar-refractivity contribution >= 4 is 0 Å². The minimum Gasteiger partial charge on any atom is -0.277 e. The number of rotatable bonds is 2. The molecule has 1 heterocycles. The lowest BCUT2D eigenvalue weighted by atomic mass is 10.0. The highest BCUT2D eigenvalue weighted by Gasteiger charge is 2.04. The summed E-state index contributed by atoms with van der Waals surface area (Å²) in [5.74, 6) is 0.533. The lowest BCUT2D eigenvalue weighted by molar-refractivity contribution is 0.867. The zero-order valence-electron chi connectivity index (χ0n) is 9.36. The molecule has 3 nitrogen and oxygen atoms in total. The Labute approximate surface area is 94.7 Å². The highest BCUT2D eigenvalue weighted by atomic mass is 15.1. The zero-order valence-corrected chi connectivity index (χ0v) is 9.36. The minimum atomic E-state index is 0.419. The molecule has 0 aliphatic carbocycles. The monoisotopic (exact) mass is 211 g/mol. The Kier molecular flexibility index (Phi) is 2.74. The van der Waals surface area contributed by atoms with Gasteiger partial charge in [-0.15, -0.1) is 0 Å². The largest absolute Gasteiger partial charge is 0.277 e. The Hall–Kier alpha value is -2.08. The van der Waals surface area contributed by atoms with Crippen LogP contribution in [0.25, 0.3) is 11.3 Å². The second-order valence-corrected chi connectivity index (χ2v) is 4.06. The van der Waals surface area contributed by atoms with Gasteiger partial charge in [0.1, 0.15) is 6.07 Å². The van der Waals surface area contributed by atoms with Crippen LogP contribution in [0.1, 0.15) is 31.0 Å². The second kappa shape index (κ2) is 4.19. The van der Waals surface area contributed by atoms with Gasteiger partial charge in [0.2, 0.25) is 0 Å². The van der Waals surface area contributed by atoms with Crippen LogP contribution in [0.5, 0.6) is 0 Å². The number of H-pyrrole nitrogens is 1. The molecule has 1 N–H and O–H groups in total. The van der Waals surface area contributed by atoms with Crippen molar-refractivity contribution in [3.63, 3.8) is 0 Å². The van der Waals surface area contributed by atoms with Gasteiger partial charge in [0.15, 0.2) is 5.69 Å². The Morgan fingerprint density at radius 1 is 1.25 bits per heavy atom. The Morgan fingerprint density at radius 2 is 1.94 bits per heavy atom. The van der Waals surface area contributed by atoms with Crippen LogP contribution in [0.3, 0.4) is 0 Å². The van der Waals surface area contributed by atoms with E-state index in [0.717, 1.165) is 11.3 Å². The molecule has 0 fully saturated rings. The molecule has 1 aromatic heterocycles. The molecular weight excluding hydrogens is 198 g/mol. The molecule has 0 unspecified atom stereocenters. The molecule has 0 spiro atoms. The van der Waals surface area contributed by atoms with E-state index in [1.807, 2.05) is 18.2 Å². The van der Waals surface area contributed by atoms with Crippen molar-refractivity contribution in [1.82, 2.24) is 10.2 Å². The van der Waals surface area contributed by atoms with Crippen LogP contribution in [0.2, 0.25) is 0 Å². The molecule has 0 radical (unpaired) electrons. The average molecular weight is 211 g/mol. The molecule has 0 saturated carbocycles. The highest BCUT2D eigenvalue weighted by Crippen LogP contribution is 2.21. The summed E-state index contributed by atoms with van der Waals surface area (Å²) in [7, 11) is 0. The smallest absolute Gasteiger partial charge is 0.162 e. The summed E-state index contributed by atoms with van der Waals surface area (Å²) in [5.41, 5.74) is 3.66. The SMILES string of the molecule is CC(C)c1ccc(-c2cc(C#N)n[nH]2)cc1. The van der Waals surface area contributed by atoms with Crippen molar-refractivity contribution in [2.75, 3.05) is 0 Å². The van der Waals surface area contributed by atoms with Gasteiger partial charge in [-0.05, 0) is 17.0 Å². The van der Waals surface area contributed by atoms with Gasteiger partial charge in [0.25, 0.3) is 0 Å². The van der Waals surface area contributed by atoms with E-state index in [1.165, 1.54) is 5.56 Å². The van der Waals surface area contributed by atoms with Crippen LogP contribution in [-0.4, -0.2) is 10.2 Å². The number of nitriles is 1. The fraction of sp³-hybridized carbons (Fsp3) is 0.231. The topological polar surface area (TPSA) is 52.5 Å². The number of nitrogens with one attached hydrogen (secondary N) is 1. The Balaban J connectivity index is 2.31. The van der Waals surface area contributed by atoms with Crippen LogP contribution in [-0.2, 0) is 0 Å².